The second kappa shape index (κ2) is 11.7. The van der Waals surface area contributed by atoms with Crippen molar-refractivity contribution in [2.45, 2.75) is 12.5 Å². The van der Waals surface area contributed by atoms with Gasteiger partial charge in [0.05, 0.1) is 36.6 Å². The number of ether oxygens (including phenoxy) is 2. The lowest BCUT2D eigenvalue weighted by atomic mass is 9.78. The van der Waals surface area contributed by atoms with Crippen molar-refractivity contribution >= 4 is 45.5 Å². The van der Waals surface area contributed by atoms with E-state index in [1.165, 1.54) is 7.11 Å². The molecule has 2 atom stereocenters. The van der Waals surface area contributed by atoms with Crippen molar-refractivity contribution in [3.8, 4) is 11.8 Å². The highest BCUT2D eigenvalue weighted by atomic mass is 79.9. The monoisotopic (exact) mass is 543 g/mol. The number of thioether (sulfide) groups is 1. The summed E-state index contributed by atoms with van der Waals surface area (Å²) in [5, 5.41) is 15.6. The summed E-state index contributed by atoms with van der Waals surface area (Å²) < 4.78 is 10.7. The van der Waals surface area contributed by atoms with Crippen LogP contribution in [0.15, 0.2) is 63.6 Å². The zero-order valence-electron chi connectivity index (χ0n) is 18.5. The standard InChI is InChI=1S/C24H22BrN3O5S/c1-32-17-8-6-14(7-9-17)12-27-19(29)13-34-23-18(11-26)20(15-4-3-5-16(25)10-15)21(22(30)28-23)24(31)33-2/h3-10,20-21H,12-13H2,1-2H3,(H,27,29)(H,28,30)/t20-,21+/m1/s1. The highest BCUT2D eigenvalue weighted by molar-refractivity contribution is 9.10. The molecule has 8 nitrogen and oxygen atoms in total. The highest BCUT2D eigenvalue weighted by Gasteiger charge is 2.44. The van der Waals surface area contributed by atoms with E-state index in [1.807, 2.05) is 12.1 Å². The molecule has 0 radical (unpaired) electrons. The van der Waals surface area contributed by atoms with Crippen LogP contribution in [0.25, 0.3) is 0 Å². The molecule has 0 fully saturated rings. The Hall–Kier alpha value is -3.29. The van der Waals surface area contributed by atoms with Gasteiger partial charge in [0.15, 0.2) is 0 Å². The van der Waals surface area contributed by atoms with Crippen LogP contribution in [0.2, 0.25) is 0 Å². The van der Waals surface area contributed by atoms with Gasteiger partial charge in [0.2, 0.25) is 11.8 Å². The van der Waals surface area contributed by atoms with Gasteiger partial charge >= 0.3 is 5.97 Å². The fraction of sp³-hybridized carbons (Fsp3) is 0.250. The zero-order valence-corrected chi connectivity index (χ0v) is 20.9. The lowest BCUT2D eigenvalue weighted by Crippen LogP contribution is -2.44. The van der Waals surface area contributed by atoms with Crippen LogP contribution >= 0.6 is 27.7 Å². The number of carbonyl (C=O) groups excluding carboxylic acids is 3. The summed E-state index contributed by atoms with van der Waals surface area (Å²) in [6.45, 7) is 0.324. The minimum absolute atomic E-state index is 0.0228. The summed E-state index contributed by atoms with van der Waals surface area (Å²) in [5.41, 5.74) is 1.71. The van der Waals surface area contributed by atoms with Gasteiger partial charge in [-0.05, 0) is 35.4 Å². The number of nitrogens with zero attached hydrogens (tertiary/aromatic N) is 1. The maximum Gasteiger partial charge on any atom is 0.319 e. The summed E-state index contributed by atoms with van der Waals surface area (Å²) in [6, 6.07) is 16.5. The van der Waals surface area contributed by atoms with E-state index in [1.54, 1.807) is 43.5 Å². The lowest BCUT2D eigenvalue weighted by Gasteiger charge is -2.31. The van der Waals surface area contributed by atoms with Crippen molar-refractivity contribution in [1.29, 1.82) is 5.26 Å². The minimum atomic E-state index is -1.22. The summed E-state index contributed by atoms with van der Waals surface area (Å²) in [7, 11) is 2.78. The van der Waals surface area contributed by atoms with E-state index in [4.69, 9.17) is 9.47 Å². The Balaban J connectivity index is 1.78. The molecule has 3 rings (SSSR count). The summed E-state index contributed by atoms with van der Waals surface area (Å²) in [6.07, 6.45) is 0. The predicted octanol–water partition coefficient (Wildman–Crippen LogP) is 3.25. The molecule has 0 aliphatic carbocycles. The highest BCUT2D eigenvalue weighted by Crippen LogP contribution is 2.40. The second-order valence-corrected chi connectivity index (χ2v) is 9.19. The van der Waals surface area contributed by atoms with Crippen molar-refractivity contribution in [3.63, 3.8) is 0 Å². The first kappa shape index (κ1) is 25.3. The molecule has 1 aliphatic heterocycles. The third-order valence-corrected chi connectivity index (χ3v) is 6.70. The molecule has 10 heteroatoms. The molecule has 1 aliphatic rings. The number of nitrogens with one attached hydrogen (secondary N) is 2. The van der Waals surface area contributed by atoms with Crippen LogP contribution in [-0.4, -0.2) is 37.8 Å². The van der Waals surface area contributed by atoms with Gasteiger partial charge in [-0.15, -0.1) is 0 Å². The number of benzene rings is 2. The molecule has 1 heterocycles. The van der Waals surface area contributed by atoms with E-state index in [0.717, 1.165) is 27.5 Å². The Morgan fingerprint density at radius 1 is 1.21 bits per heavy atom. The summed E-state index contributed by atoms with van der Waals surface area (Å²) in [5.74, 6) is -2.96. The number of esters is 1. The molecule has 34 heavy (non-hydrogen) atoms. The first-order valence-corrected chi connectivity index (χ1v) is 12.0. The van der Waals surface area contributed by atoms with Crippen LogP contribution in [0.4, 0.5) is 0 Å². The van der Waals surface area contributed by atoms with Gasteiger partial charge in [-0.25, -0.2) is 0 Å². The first-order chi connectivity index (χ1) is 16.4. The molecule has 176 valence electrons. The normalized spacial score (nSPS) is 17.4. The number of carbonyl (C=O) groups is 3. The topological polar surface area (TPSA) is 118 Å². The third kappa shape index (κ3) is 5.98. The van der Waals surface area contributed by atoms with Gasteiger partial charge in [0.25, 0.3) is 0 Å². The maximum absolute atomic E-state index is 12.9. The van der Waals surface area contributed by atoms with Crippen LogP contribution in [-0.2, 0) is 25.7 Å². The molecule has 0 saturated carbocycles. The number of rotatable bonds is 8. The quantitative estimate of drug-likeness (QED) is 0.387. The summed E-state index contributed by atoms with van der Waals surface area (Å²) >= 11 is 4.42. The number of allylic oxidation sites excluding steroid dienone is 1. The first-order valence-electron chi connectivity index (χ1n) is 10.2. The van der Waals surface area contributed by atoms with Crippen LogP contribution in [0.3, 0.4) is 0 Å². The third-order valence-electron chi connectivity index (χ3n) is 5.19. The van der Waals surface area contributed by atoms with E-state index >= 15 is 0 Å². The molecule has 0 unspecified atom stereocenters. The van der Waals surface area contributed by atoms with E-state index in [0.29, 0.717) is 12.1 Å². The van der Waals surface area contributed by atoms with Crippen molar-refractivity contribution in [1.82, 2.24) is 10.6 Å². The van der Waals surface area contributed by atoms with Crippen molar-refractivity contribution in [3.05, 3.63) is 74.7 Å². The van der Waals surface area contributed by atoms with Gasteiger partial charge in [-0.2, -0.15) is 5.26 Å². The van der Waals surface area contributed by atoms with Crippen molar-refractivity contribution in [2.24, 2.45) is 5.92 Å². The Labute approximate surface area is 209 Å². The SMILES string of the molecule is COC(=O)[C@@H]1C(=O)NC(SCC(=O)NCc2ccc(OC)cc2)=C(C#N)[C@H]1c1cccc(Br)c1. The van der Waals surface area contributed by atoms with E-state index in [-0.39, 0.29) is 22.3 Å². The van der Waals surface area contributed by atoms with E-state index < -0.39 is 23.7 Å². The van der Waals surface area contributed by atoms with E-state index in [9.17, 15) is 19.6 Å². The van der Waals surface area contributed by atoms with Crippen LogP contribution in [0, 0.1) is 17.2 Å². The van der Waals surface area contributed by atoms with Gasteiger partial charge in [0, 0.05) is 16.9 Å². The van der Waals surface area contributed by atoms with Gasteiger partial charge in [-0.3, -0.25) is 14.4 Å². The number of halogens is 1. The number of nitriles is 1. The van der Waals surface area contributed by atoms with Gasteiger partial charge in [-0.1, -0.05) is 52.0 Å². The lowest BCUT2D eigenvalue weighted by molar-refractivity contribution is -0.150. The largest absolute Gasteiger partial charge is 0.497 e. The number of methoxy groups -OCH3 is 2. The van der Waals surface area contributed by atoms with E-state index in [2.05, 4.69) is 32.6 Å². The molecule has 2 amide bonds. The number of hydrogen-bond donors (Lipinski definition) is 2. The molecule has 2 aromatic carbocycles. The number of hydrogen-bond acceptors (Lipinski definition) is 7. The molecule has 2 N–H and O–H groups in total. The van der Waals surface area contributed by atoms with Crippen molar-refractivity contribution < 1.29 is 23.9 Å². The molecular formula is C24H22BrN3O5S. The predicted molar refractivity (Wildman–Crippen MR) is 130 cm³/mol. The van der Waals surface area contributed by atoms with Gasteiger partial charge in [0.1, 0.15) is 11.7 Å². The molecule has 0 spiro atoms. The molecular weight excluding hydrogens is 522 g/mol. The van der Waals surface area contributed by atoms with Crippen LogP contribution in [0.5, 0.6) is 5.75 Å². The van der Waals surface area contributed by atoms with Gasteiger partial charge < -0.3 is 20.1 Å². The van der Waals surface area contributed by atoms with Crippen molar-refractivity contribution in [2.75, 3.05) is 20.0 Å². The fourth-order valence-electron chi connectivity index (χ4n) is 3.51. The molecule has 0 saturated heterocycles. The Bertz CT molecular complexity index is 1160. The Kier molecular flexibility index (Phi) is 8.73. The minimum Gasteiger partial charge on any atom is -0.497 e. The molecule has 0 bridgehead atoms. The van der Waals surface area contributed by atoms with Crippen LogP contribution in [0.1, 0.15) is 17.0 Å². The Morgan fingerprint density at radius 3 is 2.56 bits per heavy atom. The fourth-order valence-corrected chi connectivity index (χ4v) is 4.81. The average Bonchev–Trinajstić information content (AvgIpc) is 2.85. The Morgan fingerprint density at radius 2 is 1.94 bits per heavy atom. The maximum atomic E-state index is 12.9. The summed E-state index contributed by atoms with van der Waals surface area (Å²) in [4.78, 5) is 37.7. The average molecular weight is 544 g/mol. The molecule has 0 aromatic heterocycles. The van der Waals surface area contributed by atoms with Crippen LogP contribution < -0.4 is 15.4 Å². The second-order valence-electron chi connectivity index (χ2n) is 7.29. The zero-order chi connectivity index (χ0) is 24.7. The molecule has 2 aromatic rings. The number of amides is 2. The smallest absolute Gasteiger partial charge is 0.319 e.